The van der Waals surface area contributed by atoms with E-state index in [1.165, 1.54) is 0 Å². The van der Waals surface area contributed by atoms with Crippen LogP contribution in [0.2, 0.25) is 0 Å². The minimum absolute atomic E-state index is 1.31. The van der Waals surface area contributed by atoms with Crippen molar-refractivity contribution in [1.29, 1.82) is 0 Å². The van der Waals surface area contributed by atoms with Gasteiger partial charge in [0, 0.05) is 0 Å². The molecule has 0 aliphatic carbocycles. The summed E-state index contributed by atoms with van der Waals surface area (Å²) in [6.45, 7) is 0. The summed E-state index contributed by atoms with van der Waals surface area (Å²) in [4.78, 5) is 32.5. The summed E-state index contributed by atoms with van der Waals surface area (Å²) in [6, 6.07) is 0. The van der Waals surface area contributed by atoms with Crippen molar-refractivity contribution in [2.24, 2.45) is 0 Å². The Labute approximate surface area is 62.0 Å². The molecule has 0 saturated carbocycles. The largest absolute Gasteiger partial charge is 0.374 e. The molecular weight excluding hydrogens is 198 g/mol. The maximum absolute atomic E-state index is 10.1. The van der Waals surface area contributed by atoms with Crippen LogP contribution in [0.5, 0.6) is 0 Å². The van der Waals surface area contributed by atoms with E-state index < -0.39 is 27.2 Å². The van der Waals surface area contributed by atoms with Gasteiger partial charge in [-0.3, -0.25) is 9.13 Å². The van der Waals surface area contributed by atoms with Crippen LogP contribution < -0.4 is 0 Å². The summed E-state index contributed by atoms with van der Waals surface area (Å²) in [5.41, 5.74) is 0. The van der Waals surface area contributed by atoms with Crippen LogP contribution in [0, 0.1) is 5.85 Å². The summed E-state index contributed by atoms with van der Waals surface area (Å²) < 4.78 is 20.1. The molecule has 0 saturated heterocycles. The van der Waals surface area contributed by atoms with E-state index in [1.807, 2.05) is 0 Å². The number of aliphatic hydroxyl groups is 1. The molecule has 11 heavy (non-hydrogen) atoms. The lowest BCUT2D eigenvalue weighted by Crippen LogP contribution is -2.03. The van der Waals surface area contributed by atoms with Crippen LogP contribution in [-0.2, 0) is 9.13 Å². The molecule has 67 valence electrons. The maximum atomic E-state index is 10.1. The third-order valence-electron chi connectivity index (χ3n) is 0.684. The van der Waals surface area contributed by atoms with Crippen LogP contribution in [0.1, 0.15) is 0 Å². The summed E-state index contributed by atoms with van der Waals surface area (Å²) >= 11 is 0. The fourth-order valence-electron chi connectivity index (χ4n) is 0.276. The van der Waals surface area contributed by atoms with E-state index in [9.17, 15) is 9.13 Å². The highest BCUT2D eigenvalue weighted by Gasteiger charge is 2.34. The standard InChI is InChI=1S/C2H7O7P2/c3-2(11(7,8)9)1-10(4,5)6/h3H,1H2,(H2,4,5,6)(H2,7,8,9). The molecule has 0 aliphatic heterocycles. The zero-order valence-electron chi connectivity index (χ0n) is 5.15. The molecule has 0 bridgehead atoms. The highest BCUT2D eigenvalue weighted by Crippen LogP contribution is 2.52. The Morgan fingerprint density at radius 2 is 1.45 bits per heavy atom. The van der Waals surface area contributed by atoms with E-state index in [1.54, 1.807) is 0 Å². The summed E-state index contributed by atoms with van der Waals surface area (Å²) in [5, 5.41) is 8.38. The number of rotatable bonds is 3. The van der Waals surface area contributed by atoms with E-state index in [-0.39, 0.29) is 0 Å². The molecule has 0 rings (SSSR count). The first-order valence-corrected chi connectivity index (χ1v) is 5.69. The molecule has 0 atom stereocenters. The molecule has 0 fully saturated rings. The van der Waals surface area contributed by atoms with Crippen LogP contribution in [-0.4, -0.2) is 30.8 Å². The fourth-order valence-corrected chi connectivity index (χ4v) is 1.93. The number of aliphatic hydroxyl groups excluding tert-OH is 1. The first-order valence-electron chi connectivity index (χ1n) is 2.28. The molecule has 9 heteroatoms. The van der Waals surface area contributed by atoms with Crippen LogP contribution in [0.4, 0.5) is 0 Å². The lowest BCUT2D eigenvalue weighted by atomic mass is 10.9. The van der Waals surface area contributed by atoms with Crippen molar-refractivity contribution in [1.82, 2.24) is 0 Å². The molecule has 7 nitrogen and oxygen atoms in total. The molecule has 5 N–H and O–H groups in total. The lowest BCUT2D eigenvalue weighted by Gasteiger charge is -2.10. The molecule has 0 spiro atoms. The smallest absolute Gasteiger partial charge is 0.361 e. The van der Waals surface area contributed by atoms with Gasteiger partial charge in [0.1, 0.15) is 0 Å². The number of hydrogen-bond acceptors (Lipinski definition) is 3. The van der Waals surface area contributed by atoms with Gasteiger partial charge in [0.2, 0.25) is 5.85 Å². The first kappa shape index (κ1) is 11.3. The van der Waals surface area contributed by atoms with Crippen LogP contribution in [0.3, 0.4) is 0 Å². The second-order valence-corrected chi connectivity index (χ2v) is 5.03. The minimum atomic E-state index is -4.87. The Balaban J connectivity index is 4.22. The molecule has 0 unspecified atom stereocenters. The zero-order chi connectivity index (χ0) is 9.28. The molecule has 1 radical (unpaired) electrons. The highest BCUT2D eigenvalue weighted by molar-refractivity contribution is 7.58. The minimum Gasteiger partial charge on any atom is -0.374 e. The van der Waals surface area contributed by atoms with Gasteiger partial charge in [-0.05, 0) is 0 Å². The first-order chi connectivity index (χ1) is 4.63. The van der Waals surface area contributed by atoms with Crippen molar-refractivity contribution < 1.29 is 33.8 Å². The van der Waals surface area contributed by atoms with Crippen LogP contribution >= 0.6 is 15.2 Å². The van der Waals surface area contributed by atoms with Crippen molar-refractivity contribution in [3.63, 3.8) is 0 Å². The van der Waals surface area contributed by atoms with Crippen molar-refractivity contribution >= 4 is 15.2 Å². The number of hydrogen-bond donors (Lipinski definition) is 5. The van der Waals surface area contributed by atoms with Gasteiger partial charge in [-0.25, -0.2) is 0 Å². The van der Waals surface area contributed by atoms with E-state index >= 15 is 0 Å². The Morgan fingerprint density at radius 1 is 1.09 bits per heavy atom. The average Bonchev–Trinajstić information content (AvgIpc) is 1.56. The summed E-state index contributed by atoms with van der Waals surface area (Å²) in [6.07, 6.45) is -1.31. The van der Waals surface area contributed by atoms with Gasteiger partial charge in [-0.2, -0.15) is 0 Å². The third kappa shape index (κ3) is 5.52. The van der Waals surface area contributed by atoms with Crippen LogP contribution in [0.15, 0.2) is 0 Å². The van der Waals surface area contributed by atoms with Crippen molar-refractivity contribution in [2.75, 3.05) is 6.16 Å². The summed E-state index contributed by atoms with van der Waals surface area (Å²) in [5.74, 6) is -1.49. The second kappa shape index (κ2) is 3.33. The predicted molar refractivity (Wildman–Crippen MR) is 34.1 cm³/mol. The van der Waals surface area contributed by atoms with Crippen molar-refractivity contribution in [3.8, 4) is 0 Å². The molecule has 0 aromatic heterocycles. The summed E-state index contributed by atoms with van der Waals surface area (Å²) in [7, 11) is -9.47. The molecule has 0 aliphatic rings. The van der Waals surface area contributed by atoms with Crippen molar-refractivity contribution in [3.05, 3.63) is 5.85 Å². The van der Waals surface area contributed by atoms with E-state index in [0.29, 0.717) is 0 Å². The molecule has 0 aromatic rings. The van der Waals surface area contributed by atoms with Gasteiger partial charge >= 0.3 is 15.2 Å². The predicted octanol–water partition coefficient (Wildman–Crippen LogP) is -0.796. The van der Waals surface area contributed by atoms with Gasteiger partial charge in [0.05, 0.1) is 6.16 Å². The Kier molecular flexibility index (Phi) is 3.41. The normalized spacial score (nSPS) is 14.0. The van der Waals surface area contributed by atoms with Gasteiger partial charge in [-0.15, -0.1) is 0 Å². The molecule has 0 heterocycles. The monoisotopic (exact) mass is 205 g/mol. The highest BCUT2D eigenvalue weighted by atomic mass is 31.2. The topological polar surface area (TPSA) is 135 Å². The molecular formula is C2H7O7P2. The van der Waals surface area contributed by atoms with Gasteiger partial charge in [0.25, 0.3) is 0 Å². The van der Waals surface area contributed by atoms with Gasteiger partial charge < -0.3 is 24.7 Å². The van der Waals surface area contributed by atoms with Crippen LogP contribution in [0.25, 0.3) is 0 Å². The zero-order valence-corrected chi connectivity index (χ0v) is 6.94. The Bertz CT molecular complexity index is 210. The van der Waals surface area contributed by atoms with E-state index in [0.717, 1.165) is 0 Å². The maximum Gasteiger partial charge on any atom is 0.361 e. The average molecular weight is 205 g/mol. The Hall–Kier alpha value is 0.260. The van der Waals surface area contributed by atoms with Crippen molar-refractivity contribution in [2.45, 2.75) is 0 Å². The van der Waals surface area contributed by atoms with E-state index in [4.69, 9.17) is 24.7 Å². The van der Waals surface area contributed by atoms with Gasteiger partial charge in [0.15, 0.2) is 0 Å². The lowest BCUT2D eigenvalue weighted by molar-refractivity contribution is 0.282. The van der Waals surface area contributed by atoms with Gasteiger partial charge in [-0.1, -0.05) is 0 Å². The molecule has 0 aromatic carbocycles. The second-order valence-electron chi connectivity index (χ2n) is 1.78. The third-order valence-corrected chi connectivity index (χ3v) is 2.48. The quantitative estimate of drug-likeness (QED) is 0.380. The van der Waals surface area contributed by atoms with E-state index in [2.05, 4.69) is 0 Å². The Morgan fingerprint density at radius 3 is 1.55 bits per heavy atom. The molecule has 0 amide bonds. The fraction of sp³-hybridized carbons (Fsp3) is 0.500. The SMILES string of the molecule is O=P(O)(O)C[C](O)P(=O)(O)O.